The largest absolute Gasteiger partial charge is 0.389 e. The van der Waals surface area contributed by atoms with E-state index in [2.05, 4.69) is 0 Å². The van der Waals surface area contributed by atoms with Gasteiger partial charge in [-0.25, -0.2) is 0 Å². The summed E-state index contributed by atoms with van der Waals surface area (Å²) in [5.41, 5.74) is 1.97. The van der Waals surface area contributed by atoms with E-state index in [0.29, 0.717) is 6.61 Å². The highest BCUT2D eigenvalue weighted by atomic mass is 16.5. The van der Waals surface area contributed by atoms with Gasteiger partial charge in [-0.3, -0.25) is 0 Å². The fourth-order valence-corrected chi connectivity index (χ4v) is 1.44. The monoisotopic (exact) mass is 210 g/mol. The zero-order valence-electron chi connectivity index (χ0n) is 9.43. The van der Waals surface area contributed by atoms with Crippen molar-refractivity contribution in [3.05, 3.63) is 35.4 Å². The predicted molar refractivity (Wildman–Crippen MR) is 58.7 cm³/mol. The number of methoxy groups -OCH3 is 2. The quantitative estimate of drug-likeness (QED) is 0.808. The van der Waals surface area contributed by atoms with Gasteiger partial charge in [0.05, 0.1) is 12.7 Å². The van der Waals surface area contributed by atoms with Crippen molar-refractivity contribution in [1.82, 2.24) is 0 Å². The van der Waals surface area contributed by atoms with Crippen molar-refractivity contribution in [2.45, 2.75) is 19.1 Å². The number of hydrogen-bond acceptors (Lipinski definition) is 3. The molecule has 0 heterocycles. The number of hydrogen-bond donors (Lipinski definition) is 1. The molecule has 1 rings (SSSR count). The molecule has 3 heteroatoms. The Labute approximate surface area is 90.6 Å². The molecule has 1 aromatic carbocycles. The van der Waals surface area contributed by atoms with E-state index in [1.165, 1.54) is 0 Å². The van der Waals surface area contributed by atoms with Gasteiger partial charge < -0.3 is 14.6 Å². The third kappa shape index (κ3) is 3.30. The molecular formula is C12H18O3. The summed E-state index contributed by atoms with van der Waals surface area (Å²) in [6.45, 7) is 2.28. The van der Waals surface area contributed by atoms with Crippen LogP contribution in [-0.4, -0.2) is 25.9 Å². The van der Waals surface area contributed by atoms with Gasteiger partial charge >= 0.3 is 0 Å². The highest BCUT2D eigenvalue weighted by Gasteiger charge is 2.10. The summed E-state index contributed by atoms with van der Waals surface area (Å²) in [6, 6.07) is 7.72. The second kappa shape index (κ2) is 5.85. The fourth-order valence-electron chi connectivity index (χ4n) is 1.44. The van der Waals surface area contributed by atoms with Crippen LogP contribution in [0, 0.1) is 0 Å². The molecule has 0 aliphatic rings. The molecule has 0 saturated heterocycles. The molecule has 0 fully saturated rings. The minimum Gasteiger partial charge on any atom is -0.389 e. The Hall–Kier alpha value is -0.900. The van der Waals surface area contributed by atoms with Gasteiger partial charge in [0.1, 0.15) is 6.10 Å². The van der Waals surface area contributed by atoms with Crippen LogP contribution in [0.1, 0.15) is 30.3 Å². The summed E-state index contributed by atoms with van der Waals surface area (Å²) < 4.78 is 10.3. The van der Waals surface area contributed by atoms with E-state index < -0.39 is 6.10 Å². The molecule has 15 heavy (non-hydrogen) atoms. The molecular weight excluding hydrogens is 192 g/mol. The highest BCUT2D eigenvalue weighted by Crippen LogP contribution is 2.19. The Morgan fingerprint density at radius 2 is 1.67 bits per heavy atom. The molecule has 0 aliphatic heterocycles. The van der Waals surface area contributed by atoms with Gasteiger partial charge in [-0.05, 0) is 18.1 Å². The SMILES string of the molecule is COCC(OC)c1ccc(C(C)O)cc1. The first kappa shape index (κ1) is 12.2. The van der Waals surface area contributed by atoms with Crippen LogP contribution in [0.3, 0.4) is 0 Å². The van der Waals surface area contributed by atoms with E-state index in [9.17, 15) is 5.11 Å². The maximum absolute atomic E-state index is 9.36. The lowest BCUT2D eigenvalue weighted by atomic mass is 10.0. The predicted octanol–water partition coefficient (Wildman–Crippen LogP) is 2.07. The van der Waals surface area contributed by atoms with Crippen molar-refractivity contribution in [2.24, 2.45) is 0 Å². The molecule has 0 amide bonds. The Bertz CT molecular complexity index is 279. The molecule has 3 nitrogen and oxygen atoms in total. The number of aliphatic hydroxyl groups excluding tert-OH is 1. The Morgan fingerprint density at radius 1 is 1.13 bits per heavy atom. The Balaban J connectivity index is 2.77. The number of aliphatic hydroxyl groups is 1. The third-order valence-electron chi connectivity index (χ3n) is 2.39. The van der Waals surface area contributed by atoms with Crippen LogP contribution >= 0.6 is 0 Å². The lowest BCUT2D eigenvalue weighted by Crippen LogP contribution is -2.08. The van der Waals surface area contributed by atoms with Gasteiger partial charge in [0.2, 0.25) is 0 Å². The second-order valence-corrected chi connectivity index (χ2v) is 3.52. The van der Waals surface area contributed by atoms with E-state index in [1.54, 1.807) is 21.1 Å². The maximum Gasteiger partial charge on any atom is 0.105 e. The van der Waals surface area contributed by atoms with Crippen molar-refractivity contribution >= 4 is 0 Å². The van der Waals surface area contributed by atoms with Gasteiger partial charge in [0.25, 0.3) is 0 Å². The summed E-state index contributed by atoms with van der Waals surface area (Å²) >= 11 is 0. The van der Waals surface area contributed by atoms with Crippen molar-refractivity contribution in [1.29, 1.82) is 0 Å². The Morgan fingerprint density at radius 3 is 2.07 bits per heavy atom. The summed E-state index contributed by atoms with van der Waals surface area (Å²) in [5, 5.41) is 9.36. The zero-order valence-corrected chi connectivity index (χ0v) is 9.43. The molecule has 84 valence electrons. The average Bonchev–Trinajstić information content (AvgIpc) is 2.26. The van der Waals surface area contributed by atoms with Crippen LogP contribution < -0.4 is 0 Å². The van der Waals surface area contributed by atoms with Gasteiger partial charge in [-0.2, -0.15) is 0 Å². The zero-order chi connectivity index (χ0) is 11.3. The van der Waals surface area contributed by atoms with Crippen molar-refractivity contribution in [3.8, 4) is 0 Å². The third-order valence-corrected chi connectivity index (χ3v) is 2.39. The van der Waals surface area contributed by atoms with Crippen LogP contribution in [0.15, 0.2) is 24.3 Å². The molecule has 0 spiro atoms. The topological polar surface area (TPSA) is 38.7 Å². The fraction of sp³-hybridized carbons (Fsp3) is 0.500. The smallest absolute Gasteiger partial charge is 0.105 e. The first-order valence-electron chi connectivity index (χ1n) is 4.98. The molecule has 0 bridgehead atoms. The number of benzene rings is 1. The molecule has 0 radical (unpaired) electrons. The standard InChI is InChI=1S/C12H18O3/c1-9(13)10-4-6-11(7-5-10)12(15-3)8-14-2/h4-7,9,12-13H,8H2,1-3H3. The number of ether oxygens (including phenoxy) is 2. The van der Waals surface area contributed by atoms with Crippen molar-refractivity contribution in [3.63, 3.8) is 0 Å². The van der Waals surface area contributed by atoms with Crippen LogP contribution in [0.25, 0.3) is 0 Å². The minimum atomic E-state index is -0.428. The summed E-state index contributed by atoms with van der Waals surface area (Å²) in [6.07, 6.45) is -0.472. The minimum absolute atomic E-state index is 0.0435. The average molecular weight is 210 g/mol. The molecule has 0 aliphatic carbocycles. The second-order valence-electron chi connectivity index (χ2n) is 3.52. The first-order chi connectivity index (χ1) is 7.19. The van der Waals surface area contributed by atoms with Crippen molar-refractivity contribution in [2.75, 3.05) is 20.8 Å². The lowest BCUT2D eigenvalue weighted by molar-refractivity contribution is 0.0274. The van der Waals surface area contributed by atoms with Gasteiger partial charge in [-0.15, -0.1) is 0 Å². The van der Waals surface area contributed by atoms with Crippen molar-refractivity contribution < 1.29 is 14.6 Å². The molecule has 0 saturated carbocycles. The summed E-state index contributed by atoms with van der Waals surface area (Å²) in [7, 11) is 3.31. The van der Waals surface area contributed by atoms with E-state index in [-0.39, 0.29) is 6.10 Å². The molecule has 2 unspecified atom stereocenters. The molecule has 2 atom stereocenters. The van der Waals surface area contributed by atoms with E-state index >= 15 is 0 Å². The molecule has 1 N–H and O–H groups in total. The maximum atomic E-state index is 9.36. The van der Waals surface area contributed by atoms with E-state index in [4.69, 9.17) is 9.47 Å². The normalized spacial score (nSPS) is 14.9. The van der Waals surface area contributed by atoms with Gasteiger partial charge in [0.15, 0.2) is 0 Å². The lowest BCUT2D eigenvalue weighted by Gasteiger charge is -2.15. The molecule has 0 aromatic heterocycles. The van der Waals surface area contributed by atoms with Crippen LogP contribution in [-0.2, 0) is 9.47 Å². The molecule has 1 aromatic rings. The van der Waals surface area contributed by atoms with Crippen LogP contribution in [0.2, 0.25) is 0 Å². The van der Waals surface area contributed by atoms with E-state index in [0.717, 1.165) is 11.1 Å². The van der Waals surface area contributed by atoms with Crippen LogP contribution in [0.5, 0.6) is 0 Å². The first-order valence-corrected chi connectivity index (χ1v) is 4.98. The number of rotatable bonds is 5. The van der Waals surface area contributed by atoms with Gasteiger partial charge in [0, 0.05) is 14.2 Å². The highest BCUT2D eigenvalue weighted by molar-refractivity contribution is 5.25. The summed E-state index contributed by atoms with van der Waals surface area (Å²) in [5.74, 6) is 0. The van der Waals surface area contributed by atoms with Gasteiger partial charge in [-0.1, -0.05) is 24.3 Å². The Kier molecular flexibility index (Phi) is 4.75. The van der Waals surface area contributed by atoms with E-state index in [1.807, 2.05) is 24.3 Å². The van der Waals surface area contributed by atoms with Crippen LogP contribution in [0.4, 0.5) is 0 Å². The summed E-state index contributed by atoms with van der Waals surface area (Å²) in [4.78, 5) is 0.